The summed E-state index contributed by atoms with van der Waals surface area (Å²) >= 11 is 0. The fraction of sp³-hybridized carbons (Fsp3) is 0.545. The van der Waals surface area contributed by atoms with E-state index in [1.807, 2.05) is 11.0 Å². The van der Waals surface area contributed by atoms with Crippen molar-refractivity contribution in [3.05, 3.63) is 47.5 Å². The third kappa shape index (κ3) is 3.46. The summed E-state index contributed by atoms with van der Waals surface area (Å²) < 4.78 is 16.1. The lowest BCUT2D eigenvalue weighted by atomic mass is 9.87. The number of para-hydroxylation sites is 1. The number of halogens is 1. The van der Waals surface area contributed by atoms with Crippen LogP contribution in [0, 0.1) is 23.1 Å². The number of hydrogen-bond donors (Lipinski definition) is 0. The van der Waals surface area contributed by atoms with Crippen LogP contribution in [0.3, 0.4) is 0 Å². The quantitative estimate of drug-likeness (QED) is 0.799. The van der Waals surface area contributed by atoms with E-state index in [4.69, 9.17) is 0 Å². The standard InChI is InChI=1S/C22H29FN4O/c1-15-11-25(4)13-17(15)21(28)26-12-16-10-24-27(19-8-6-5-7-18(19)23)20(16)9-22(2,3)14-26/h5-8,10,15,17H,9,11-14H2,1-4H3. The lowest BCUT2D eigenvalue weighted by Gasteiger charge is -2.32. The van der Waals surface area contributed by atoms with Gasteiger partial charge in [0.05, 0.1) is 12.1 Å². The Morgan fingerprint density at radius 1 is 1.25 bits per heavy atom. The number of rotatable bonds is 2. The Morgan fingerprint density at radius 3 is 2.68 bits per heavy atom. The largest absolute Gasteiger partial charge is 0.337 e. The zero-order chi connectivity index (χ0) is 20.1. The van der Waals surface area contributed by atoms with Crippen LogP contribution >= 0.6 is 0 Å². The van der Waals surface area contributed by atoms with Gasteiger partial charge in [0.15, 0.2) is 0 Å². The van der Waals surface area contributed by atoms with Crippen LogP contribution in [0.4, 0.5) is 4.39 Å². The first-order chi connectivity index (χ1) is 13.2. The Hall–Kier alpha value is -2.21. The molecule has 0 spiro atoms. The summed E-state index contributed by atoms with van der Waals surface area (Å²) in [5.41, 5.74) is 2.37. The van der Waals surface area contributed by atoms with E-state index in [0.717, 1.165) is 30.8 Å². The molecule has 1 fully saturated rings. The lowest BCUT2D eigenvalue weighted by molar-refractivity contribution is -0.138. The lowest BCUT2D eigenvalue weighted by Crippen LogP contribution is -2.42. The monoisotopic (exact) mass is 384 g/mol. The number of nitrogens with zero attached hydrogens (tertiary/aromatic N) is 4. The van der Waals surface area contributed by atoms with Gasteiger partial charge >= 0.3 is 0 Å². The molecule has 0 aliphatic carbocycles. The Morgan fingerprint density at radius 2 is 2.00 bits per heavy atom. The maximum atomic E-state index is 14.4. The van der Waals surface area contributed by atoms with Gasteiger partial charge in [0.25, 0.3) is 0 Å². The van der Waals surface area contributed by atoms with Gasteiger partial charge in [0, 0.05) is 37.4 Å². The molecule has 2 atom stereocenters. The van der Waals surface area contributed by atoms with Crippen LogP contribution in [0.25, 0.3) is 5.69 Å². The fourth-order valence-electron chi connectivity index (χ4n) is 4.77. The van der Waals surface area contributed by atoms with Gasteiger partial charge in [-0.1, -0.05) is 32.9 Å². The van der Waals surface area contributed by atoms with Crippen molar-refractivity contribution in [2.45, 2.75) is 33.7 Å². The zero-order valence-electron chi connectivity index (χ0n) is 17.2. The van der Waals surface area contributed by atoms with Gasteiger partial charge < -0.3 is 9.80 Å². The molecular formula is C22H29FN4O. The predicted molar refractivity (Wildman–Crippen MR) is 107 cm³/mol. The topological polar surface area (TPSA) is 41.4 Å². The first-order valence-electron chi connectivity index (χ1n) is 10.0. The summed E-state index contributed by atoms with van der Waals surface area (Å²) in [6, 6.07) is 6.71. The Labute approximate surface area is 166 Å². The van der Waals surface area contributed by atoms with E-state index < -0.39 is 0 Å². The van der Waals surface area contributed by atoms with E-state index in [1.165, 1.54) is 6.07 Å². The van der Waals surface area contributed by atoms with Gasteiger partial charge in [-0.2, -0.15) is 5.10 Å². The molecule has 0 bridgehead atoms. The highest BCUT2D eigenvalue weighted by molar-refractivity contribution is 5.80. The van der Waals surface area contributed by atoms with E-state index in [9.17, 15) is 9.18 Å². The molecule has 2 aromatic rings. The molecule has 3 heterocycles. The van der Waals surface area contributed by atoms with Gasteiger partial charge in [-0.25, -0.2) is 9.07 Å². The molecule has 0 radical (unpaired) electrons. The molecule has 4 rings (SSSR count). The highest BCUT2D eigenvalue weighted by Gasteiger charge is 2.39. The normalized spacial score (nSPS) is 24.8. The van der Waals surface area contributed by atoms with Crippen molar-refractivity contribution < 1.29 is 9.18 Å². The molecular weight excluding hydrogens is 355 g/mol. The summed E-state index contributed by atoms with van der Waals surface area (Å²) in [5, 5.41) is 4.48. The minimum atomic E-state index is -0.286. The molecule has 28 heavy (non-hydrogen) atoms. The van der Waals surface area contributed by atoms with Crippen molar-refractivity contribution in [1.29, 1.82) is 0 Å². The molecule has 2 aliphatic rings. The van der Waals surface area contributed by atoms with Crippen molar-refractivity contribution in [2.75, 3.05) is 26.7 Å². The number of amides is 1. The van der Waals surface area contributed by atoms with Crippen molar-refractivity contribution in [3.8, 4) is 5.69 Å². The van der Waals surface area contributed by atoms with Crippen LogP contribution in [0.5, 0.6) is 0 Å². The second-order valence-electron chi connectivity index (χ2n) is 9.32. The van der Waals surface area contributed by atoms with Crippen LogP contribution in [0.2, 0.25) is 0 Å². The number of likely N-dealkylation sites (tertiary alicyclic amines) is 1. The first kappa shape index (κ1) is 19.1. The zero-order valence-corrected chi connectivity index (χ0v) is 17.2. The van der Waals surface area contributed by atoms with Gasteiger partial charge in [-0.05, 0) is 36.9 Å². The number of carbonyl (C=O) groups excluding carboxylic acids is 1. The molecule has 2 aliphatic heterocycles. The maximum absolute atomic E-state index is 14.4. The second kappa shape index (κ2) is 6.99. The summed E-state index contributed by atoms with van der Waals surface area (Å²) in [6.45, 7) is 9.53. The third-order valence-electron chi connectivity index (χ3n) is 6.09. The number of benzene rings is 1. The highest BCUT2D eigenvalue weighted by Crippen LogP contribution is 2.34. The summed E-state index contributed by atoms with van der Waals surface area (Å²) in [7, 11) is 2.08. The van der Waals surface area contributed by atoms with Gasteiger partial charge in [-0.15, -0.1) is 0 Å². The first-order valence-corrected chi connectivity index (χ1v) is 10.0. The van der Waals surface area contributed by atoms with E-state index >= 15 is 0 Å². The average Bonchev–Trinajstić information content (AvgIpc) is 3.12. The van der Waals surface area contributed by atoms with Gasteiger partial charge in [0.2, 0.25) is 5.91 Å². The second-order valence-corrected chi connectivity index (χ2v) is 9.32. The molecule has 1 aromatic carbocycles. The van der Waals surface area contributed by atoms with E-state index in [1.54, 1.807) is 23.0 Å². The minimum absolute atomic E-state index is 0.0453. The molecule has 1 saturated heterocycles. The molecule has 0 saturated carbocycles. The van der Waals surface area contributed by atoms with E-state index in [-0.39, 0.29) is 23.1 Å². The number of carbonyl (C=O) groups is 1. The molecule has 5 nitrogen and oxygen atoms in total. The van der Waals surface area contributed by atoms with Crippen molar-refractivity contribution in [2.24, 2.45) is 17.3 Å². The van der Waals surface area contributed by atoms with Crippen molar-refractivity contribution in [3.63, 3.8) is 0 Å². The predicted octanol–water partition coefficient (Wildman–Crippen LogP) is 3.12. The molecule has 6 heteroatoms. The SMILES string of the molecule is CC1CN(C)CC1C(=O)N1Cc2cnn(-c3ccccc3F)c2CC(C)(C)C1. The summed E-state index contributed by atoms with van der Waals surface area (Å²) in [6.07, 6.45) is 2.55. The number of hydrogen-bond acceptors (Lipinski definition) is 3. The highest BCUT2D eigenvalue weighted by atomic mass is 19.1. The Kier molecular flexibility index (Phi) is 4.78. The third-order valence-corrected chi connectivity index (χ3v) is 6.09. The maximum Gasteiger partial charge on any atom is 0.227 e. The van der Waals surface area contributed by atoms with Crippen LogP contribution in [-0.2, 0) is 17.8 Å². The van der Waals surface area contributed by atoms with Crippen LogP contribution in [0.15, 0.2) is 30.5 Å². The van der Waals surface area contributed by atoms with Crippen LogP contribution in [0.1, 0.15) is 32.0 Å². The molecule has 0 N–H and O–H groups in total. The van der Waals surface area contributed by atoms with Crippen molar-refractivity contribution in [1.82, 2.24) is 19.6 Å². The molecule has 2 unspecified atom stereocenters. The Bertz CT molecular complexity index is 890. The van der Waals surface area contributed by atoms with E-state index in [2.05, 4.69) is 37.8 Å². The van der Waals surface area contributed by atoms with Crippen molar-refractivity contribution >= 4 is 5.91 Å². The molecule has 150 valence electrons. The minimum Gasteiger partial charge on any atom is -0.337 e. The average molecular weight is 384 g/mol. The molecule has 1 aromatic heterocycles. The van der Waals surface area contributed by atoms with Gasteiger partial charge in [-0.3, -0.25) is 4.79 Å². The number of fused-ring (bicyclic) bond motifs is 1. The van der Waals surface area contributed by atoms with E-state index in [0.29, 0.717) is 24.7 Å². The van der Waals surface area contributed by atoms with Crippen LogP contribution in [-0.4, -0.2) is 52.2 Å². The van der Waals surface area contributed by atoms with Crippen LogP contribution < -0.4 is 0 Å². The Balaban J connectivity index is 1.68. The molecule has 1 amide bonds. The summed E-state index contributed by atoms with van der Waals surface area (Å²) in [4.78, 5) is 17.6. The smallest absolute Gasteiger partial charge is 0.227 e. The number of aromatic nitrogens is 2. The summed E-state index contributed by atoms with van der Waals surface area (Å²) in [5.74, 6) is 0.357. The van der Waals surface area contributed by atoms with Gasteiger partial charge in [0.1, 0.15) is 11.5 Å². The fourth-order valence-corrected chi connectivity index (χ4v) is 4.77.